The van der Waals surface area contributed by atoms with Crippen LogP contribution in [-0.4, -0.2) is 51.1 Å². The summed E-state index contributed by atoms with van der Waals surface area (Å²) >= 11 is 3.21. The molecule has 1 aromatic rings. The van der Waals surface area contributed by atoms with Gasteiger partial charge in [0.1, 0.15) is 29.7 Å². The number of esters is 1. The number of fused-ring (bicyclic) bond motifs is 1. The van der Waals surface area contributed by atoms with Crippen LogP contribution in [0.5, 0.6) is 0 Å². The molecular formula is C16H20BrFN2O7. The summed E-state index contributed by atoms with van der Waals surface area (Å²) in [5, 5.41) is 0. The smallest absolute Gasteiger partial charge is 0.330 e. The third kappa shape index (κ3) is 4.00. The second kappa shape index (κ2) is 7.46. The number of rotatable bonds is 5. The summed E-state index contributed by atoms with van der Waals surface area (Å²) in [7, 11) is 0. The highest BCUT2D eigenvalue weighted by Gasteiger charge is 2.56. The number of aromatic nitrogens is 2. The Morgan fingerprint density at radius 2 is 2.07 bits per heavy atom. The second-order valence-corrected chi connectivity index (χ2v) is 7.88. The van der Waals surface area contributed by atoms with Crippen LogP contribution in [0.15, 0.2) is 15.8 Å². The van der Waals surface area contributed by atoms with Gasteiger partial charge in [0, 0.05) is 0 Å². The average Bonchev–Trinajstić information content (AvgIpc) is 3.08. The molecule has 0 aromatic carbocycles. The summed E-state index contributed by atoms with van der Waals surface area (Å²) in [4.78, 5) is 36.7. The van der Waals surface area contributed by atoms with Crippen molar-refractivity contribution in [2.45, 2.75) is 62.3 Å². The van der Waals surface area contributed by atoms with Gasteiger partial charge in [-0.1, -0.05) is 22.9 Å². The molecule has 0 radical (unpaired) electrons. The van der Waals surface area contributed by atoms with Gasteiger partial charge in [0.25, 0.3) is 5.56 Å². The van der Waals surface area contributed by atoms with E-state index in [1.165, 1.54) is 0 Å². The number of nitrogens with one attached hydrogen (secondary N) is 1. The quantitative estimate of drug-likeness (QED) is 0.522. The van der Waals surface area contributed by atoms with Gasteiger partial charge >= 0.3 is 11.7 Å². The number of aromatic amines is 1. The highest BCUT2D eigenvalue weighted by atomic mass is 79.9. The number of alkyl halides is 1. The van der Waals surface area contributed by atoms with E-state index in [1.54, 1.807) is 13.8 Å². The summed E-state index contributed by atoms with van der Waals surface area (Å²) in [6, 6.07) is 0. The Hall–Kier alpha value is -1.56. The van der Waals surface area contributed by atoms with Crippen molar-refractivity contribution in [3.05, 3.63) is 32.9 Å². The van der Waals surface area contributed by atoms with Crippen molar-refractivity contribution < 1.29 is 28.1 Å². The van der Waals surface area contributed by atoms with Crippen LogP contribution in [0.4, 0.5) is 4.39 Å². The molecule has 2 fully saturated rings. The zero-order chi connectivity index (χ0) is 19.9. The molecule has 9 nitrogen and oxygen atoms in total. The highest BCUT2D eigenvalue weighted by Crippen LogP contribution is 2.42. The van der Waals surface area contributed by atoms with Gasteiger partial charge in [0.15, 0.2) is 12.0 Å². The van der Waals surface area contributed by atoms with Gasteiger partial charge in [-0.3, -0.25) is 19.1 Å². The maximum absolute atomic E-state index is 13.7. The molecule has 0 saturated carbocycles. The molecule has 1 N–H and O–H groups in total. The summed E-state index contributed by atoms with van der Waals surface area (Å²) in [6.07, 6.45) is -1.86. The van der Waals surface area contributed by atoms with E-state index in [0.29, 0.717) is 6.42 Å². The Morgan fingerprint density at radius 3 is 2.74 bits per heavy atom. The first-order chi connectivity index (χ1) is 12.6. The number of H-pyrrole nitrogens is 1. The zero-order valence-corrected chi connectivity index (χ0v) is 16.5. The normalized spacial score (nSPS) is 30.1. The first-order valence-corrected chi connectivity index (χ1v) is 9.37. The van der Waals surface area contributed by atoms with Crippen molar-refractivity contribution in [3.8, 4) is 0 Å². The summed E-state index contributed by atoms with van der Waals surface area (Å²) in [5.41, 5.74) is -1.97. The lowest BCUT2D eigenvalue weighted by molar-refractivity contribution is -0.203. The average molecular weight is 451 g/mol. The second-order valence-electron chi connectivity index (χ2n) is 6.78. The van der Waals surface area contributed by atoms with Crippen molar-refractivity contribution in [1.29, 1.82) is 0 Å². The summed E-state index contributed by atoms with van der Waals surface area (Å²) in [5.74, 6) is -2.55. The number of carbonyl (C=O) groups is 1. The van der Waals surface area contributed by atoms with Crippen molar-refractivity contribution in [2.75, 3.05) is 6.61 Å². The van der Waals surface area contributed by atoms with Gasteiger partial charge in [-0.25, -0.2) is 4.79 Å². The highest BCUT2D eigenvalue weighted by molar-refractivity contribution is 9.10. The van der Waals surface area contributed by atoms with Crippen LogP contribution in [0.1, 0.15) is 33.4 Å². The van der Waals surface area contributed by atoms with Crippen LogP contribution < -0.4 is 11.2 Å². The molecule has 5 atom stereocenters. The lowest BCUT2D eigenvalue weighted by Crippen LogP contribution is -2.38. The third-order valence-corrected chi connectivity index (χ3v) is 5.35. The van der Waals surface area contributed by atoms with Gasteiger partial charge in [-0.05, 0) is 20.3 Å². The van der Waals surface area contributed by atoms with E-state index in [0.717, 1.165) is 10.8 Å². The van der Waals surface area contributed by atoms with Crippen LogP contribution in [0, 0.1) is 5.82 Å². The zero-order valence-electron chi connectivity index (χ0n) is 14.9. The molecular weight excluding hydrogens is 431 g/mol. The lowest BCUT2D eigenvalue weighted by atomic mass is 10.1. The van der Waals surface area contributed by atoms with Crippen LogP contribution >= 0.6 is 15.9 Å². The number of halogens is 2. The van der Waals surface area contributed by atoms with Crippen LogP contribution in [-0.2, 0) is 23.7 Å². The predicted molar refractivity (Wildman–Crippen MR) is 93.0 cm³/mol. The maximum atomic E-state index is 13.7. The molecule has 2 saturated heterocycles. The third-order valence-electron chi connectivity index (χ3n) is 4.33. The standard InChI is InChI=1S/C16H20BrFN2O7/c1-4-7(17)14(22)24-6-9-10-11(27-16(2,3)26-10)13(25-9)20-5-8(18)12(21)19-15(20)23/h5,7,9-11,13H,4,6H2,1-3H3,(H,19,21,23)/t7?,9-,10-,11-,13-/m1/s1. The van der Waals surface area contributed by atoms with E-state index in [-0.39, 0.29) is 6.61 Å². The Balaban J connectivity index is 1.84. The van der Waals surface area contributed by atoms with E-state index in [2.05, 4.69) is 15.9 Å². The monoisotopic (exact) mass is 450 g/mol. The van der Waals surface area contributed by atoms with Gasteiger partial charge in [0.05, 0.1) is 6.20 Å². The first-order valence-electron chi connectivity index (χ1n) is 8.45. The van der Waals surface area contributed by atoms with Crippen LogP contribution in [0.25, 0.3) is 0 Å². The molecule has 2 aliphatic rings. The van der Waals surface area contributed by atoms with Gasteiger partial charge in [-0.2, -0.15) is 4.39 Å². The number of ether oxygens (including phenoxy) is 4. The predicted octanol–water partition coefficient (Wildman–Crippen LogP) is 0.810. The Bertz CT molecular complexity index is 839. The number of nitrogens with zero attached hydrogens (tertiary/aromatic N) is 1. The molecule has 27 heavy (non-hydrogen) atoms. The van der Waals surface area contributed by atoms with E-state index in [4.69, 9.17) is 18.9 Å². The fourth-order valence-corrected chi connectivity index (χ4v) is 3.22. The SMILES string of the molecule is CCC(Br)C(=O)OC[C@H]1O[C@@H](n2cc(F)c(=O)[nH]c2=O)[C@@H]2OC(C)(C)O[C@@H]21. The summed E-state index contributed by atoms with van der Waals surface area (Å²) < 4.78 is 37.2. The maximum Gasteiger partial charge on any atom is 0.330 e. The molecule has 3 rings (SSSR count). The fraction of sp³-hybridized carbons (Fsp3) is 0.688. The molecule has 2 aliphatic heterocycles. The minimum Gasteiger partial charge on any atom is -0.462 e. The minimum absolute atomic E-state index is 0.126. The molecule has 0 amide bonds. The van der Waals surface area contributed by atoms with E-state index in [9.17, 15) is 18.8 Å². The summed E-state index contributed by atoms with van der Waals surface area (Å²) in [6.45, 7) is 5.07. The molecule has 0 aliphatic carbocycles. The van der Waals surface area contributed by atoms with Gasteiger partial charge in [-0.15, -0.1) is 0 Å². The Labute approximate surface area is 161 Å². The largest absolute Gasteiger partial charge is 0.462 e. The number of carbonyl (C=O) groups excluding carboxylic acids is 1. The van der Waals surface area contributed by atoms with Gasteiger partial charge in [0.2, 0.25) is 5.82 Å². The van der Waals surface area contributed by atoms with E-state index in [1.807, 2.05) is 11.9 Å². The Kier molecular flexibility index (Phi) is 5.57. The molecule has 1 aromatic heterocycles. The lowest BCUT2D eigenvalue weighted by Gasteiger charge is -2.24. The van der Waals surface area contributed by atoms with Crippen molar-refractivity contribution >= 4 is 21.9 Å². The first kappa shape index (κ1) is 20.2. The minimum atomic E-state index is -1.13. The van der Waals surface area contributed by atoms with Crippen molar-refractivity contribution in [1.82, 2.24) is 9.55 Å². The number of hydrogen-bond donors (Lipinski definition) is 1. The Morgan fingerprint density at radius 1 is 1.41 bits per heavy atom. The van der Waals surface area contributed by atoms with Crippen LogP contribution in [0.2, 0.25) is 0 Å². The molecule has 0 bridgehead atoms. The van der Waals surface area contributed by atoms with Gasteiger partial charge < -0.3 is 18.9 Å². The molecule has 11 heteroatoms. The van der Waals surface area contributed by atoms with Crippen LogP contribution in [0.3, 0.4) is 0 Å². The van der Waals surface area contributed by atoms with Crippen molar-refractivity contribution in [3.63, 3.8) is 0 Å². The van der Waals surface area contributed by atoms with E-state index >= 15 is 0 Å². The number of hydrogen-bond acceptors (Lipinski definition) is 7. The molecule has 0 spiro atoms. The molecule has 1 unspecified atom stereocenters. The topological polar surface area (TPSA) is 109 Å². The molecule has 3 heterocycles. The van der Waals surface area contributed by atoms with Crippen molar-refractivity contribution in [2.24, 2.45) is 0 Å². The fourth-order valence-electron chi connectivity index (χ4n) is 3.09. The molecule has 150 valence electrons. The van der Waals surface area contributed by atoms with E-state index < -0.39 is 58.2 Å².